The summed E-state index contributed by atoms with van der Waals surface area (Å²) in [6.45, 7) is 6.28. The molecule has 6 nitrogen and oxygen atoms in total. The van der Waals surface area contributed by atoms with Crippen LogP contribution in [-0.4, -0.2) is 25.8 Å². The average Bonchev–Trinajstić information content (AvgIpc) is 2.78. The van der Waals surface area contributed by atoms with Crippen molar-refractivity contribution in [1.29, 1.82) is 0 Å². The summed E-state index contributed by atoms with van der Waals surface area (Å²) in [6.07, 6.45) is 1.55. The fourth-order valence-electron chi connectivity index (χ4n) is 3.19. The highest BCUT2D eigenvalue weighted by Crippen LogP contribution is 2.28. The lowest BCUT2D eigenvalue weighted by Gasteiger charge is -2.12. The Morgan fingerprint density at radius 1 is 0.906 bits per heavy atom. The number of benzene rings is 3. The molecule has 1 amide bonds. The molecule has 0 unspecified atom stereocenters. The minimum Gasteiger partial charge on any atom is -0.493 e. The molecule has 32 heavy (non-hydrogen) atoms. The highest BCUT2D eigenvalue weighted by atomic mass is 16.5. The first kappa shape index (κ1) is 22.9. The molecule has 0 spiro atoms. The highest BCUT2D eigenvalue weighted by molar-refractivity contribution is 5.83. The van der Waals surface area contributed by atoms with E-state index in [0.29, 0.717) is 18.1 Å². The zero-order chi connectivity index (χ0) is 22.9. The van der Waals surface area contributed by atoms with E-state index in [1.807, 2.05) is 62.4 Å². The lowest BCUT2D eigenvalue weighted by atomic mass is 10.1. The third-order valence-electron chi connectivity index (χ3n) is 4.99. The molecule has 0 aromatic heterocycles. The third kappa shape index (κ3) is 6.11. The molecule has 0 heterocycles. The molecular formula is C26H28N2O4. The number of hydrogen-bond acceptors (Lipinski definition) is 5. The van der Waals surface area contributed by atoms with Gasteiger partial charge in [0, 0.05) is 0 Å². The maximum atomic E-state index is 12.1. The van der Waals surface area contributed by atoms with E-state index in [4.69, 9.17) is 14.2 Å². The van der Waals surface area contributed by atoms with Crippen molar-refractivity contribution in [2.75, 3.05) is 13.7 Å². The van der Waals surface area contributed by atoms with Gasteiger partial charge in [-0.3, -0.25) is 4.79 Å². The number of nitrogens with zero attached hydrogens (tertiary/aromatic N) is 1. The van der Waals surface area contributed by atoms with E-state index < -0.39 is 0 Å². The number of carbonyl (C=O) groups excluding carboxylic acids is 1. The first-order chi connectivity index (χ1) is 15.5. The molecule has 3 rings (SSSR count). The smallest absolute Gasteiger partial charge is 0.277 e. The highest BCUT2D eigenvalue weighted by Gasteiger charge is 2.08. The molecule has 0 atom stereocenters. The predicted molar refractivity (Wildman–Crippen MR) is 126 cm³/mol. The number of methoxy groups -OCH3 is 1. The Labute approximate surface area is 188 Å². The Bertz CT molecular complexity index is 1090. The van der Waals surface area contributed by atoms with E-state index in [2.05, 4.69) is 23.5 Å². The molecule has 0 bridgehead atoms. The molecule has 0 saturated heterocycles. The number of nitrogens with one attached hydrogen (secondary N) is 1. The molecule has 0 fully saturated rings. The Hall–Kier alpha value is -3.80. The monoisotopic (exact) mass is 432 g/mol. The lowest BCUT2D eigenvalue weighted by molar-refractivity contribution is -0.123. The van der Waals surface area contributed by atoms with Gasteiger partial charge in [0.25, 0.3) is 5.91 Å². The minimum atomic E-state index is -0.339. The van der Waals surface area contributed by atoms with Crippen molar-refractivity contribution in [1.82, 2.24) is 5.43 Å². The maximum Gasteiger partial charge on any atom is 0.277 e. The van der Waals surface area contributed by atoms with Gasteiger partial charge in [-0.1, -0.05) is 42.5 Å². The summed E-state index contributed by atoms with van der Waals surface area (Å²) in [4.78, 5) is 12.1. The number of para-hydroxylation sites is 1. The van der Waals surface area contributed by atoms with Crippen LogP contribution in [0.25, 0.3) is 0 Å². The number of aryl methyl sites for hydroxylation is 3. The molecule has 0 radical (unpaired) electrons. The van der Waals surface area contributed by atoms with Crippen LogP contribution < -0.4 is 19.6 Å². The molecule has 6 heteroatoms. The first-order valence-electron chi connectivity index (χ1n) is 10.3. The van der Waals surface area contributed by atoms with Gasteiger partial charge in [-0.2, -0.15) is 5.10 Å². The summed E-state index contributed by atoms with van der Waals surface area (Å²) in [5, 5.41) is 4.01. The SMILES string of the molecule is COc1cc(/C=N/NC(=O)COc2c(C)cccc2C)ccc1OCc1ccccc1C. The molecule has 166 valence electrons. The van der Waals surface area contributed by atoms with E-state index in [1.54, 1.807) is 19.4 Å². The van der Waals surface area contributed by atoms with Gasteiger partial charge < -0.3 is 14.2 Å². The van der Waals surface area contributed by atoms with Crippen LogP contribution in [0.3, 0.4) is 0 Å². The van der Waals surface area contributed by atoms with Gasteiger partial charge in [0.2, 0.25) is 0 Å². The zero-order valence-electron chi connectivity index (χ0n) is 18.8. The molecule has 3 aromatic rings. The van der Waals surface area contributed by atoms with E-state index in [1.165, 1.54) is 5.56 Å². The van der Waals surface area contributed by atoms with Crippen molar-refractivity contribution in [3.8, 4) is 17.2 Å². The van der Waals surface area contributed by atoms with E-state index in [9.17, 15) is 4.79 Å². The largest absolute Gasteiger partial charge is 0.493 e. The van der Waals surface area contributed by atoms with Crippen LogP contribution in [-0.2, 0) is 11.4 Å². The van der Waals surface area contributed by atoms with Gasteiger partial charge in [-0.05, 0) is 66.8 Å². The summed E-state index contributed by atoms with van der Waals surface area (Å²) >= 11 is 0. The molecule has 0 aliphatic rings. The number of rotatable bonds is 9. The number of carbonyl (C=O) groups is 1. The normalized spacial score (nSPS) is 10.8. The Balaban J connectivity index is 1.55. The maximum absolute atomic E-state index is 12.1. The third-order valence-corrected chi connectivity index (χ3v) is 4.99. The summed E-state index contributed by atoms with van der Waals surface area (Å²) < 4.78 is 17.0. The molecule has 3 aromatic carbocycles. The number of hydrogen-bond donors (Lipinski definition) is 1. The van der Waals surface area contributed by atoms with Gasteiger partial charge in [0.05, 0.1) is 13.3 Å². The molecule has 1 N–H and O–H groups in total. The van der Waals surface area contributed by atoms with Gasteiger partial charge >= 0.3 is 0 Å². The Kier molecular flexibility index (Phi) is 7.86. The van der Waals surface area contributed by atoms with Gasteiger partial charge in [-0.25, -0.2) is 5.43 Å². The van der Waals surface area contributed by atoms with Crippen molar-refractivity contribution in [2.45, 2.75) is 27.4 Å². The molecule has 0 aliphatic carbocycles. The van der Waals surface area contributed by atoms with Gasteiger partial charge in [-0.15, -0.1) is 0 Å². The quantitative estimate of drug-likeness (QED) is 0.392. The zero-order valence-corrected chi connectivity index (χ0v) is 18.8. The first-order valence-corrected chi connectivity index (χ1v) is 10.3. The summed E-state index contributed by atoms with van der Waals surface area (Å²) in [5.41, 5.74) is 7.50. The number of ether oxygens (including phenoxy) is 3. The second-order valence-corrected chi connectivity index (χ2v) is 7.43. The van der Waals surface area contributed by atoms with E-state index >= 15 is 0 Å². The van der Waals surface area contributed by atoms with Crippen LogP contribution in [0.2, 0.25) is 0 Å². The van der Waals surface area contributed by atoms with Crippen molar-refractivity contribution in [3.05, 3.63) is 88.5 Å². The second kappa shape index (κ2) is 11.0. The van der Waals surface area contributed by atoms with Crippen molar-refractivity contribution in [2.24, 2.45) is 5.10 Å². The Morgan fingerprint density at radius 2 is 1.62 bits per heavy atom. The molecule has 0 aliphatic heterocycles. The van der Waals surface area contributed by atoms with Crippen LogP contribution in [0.5, 0.6) is 17.2 Å². The van der Waals surface area contributed by atoms with Crippen LogP contribution in [0.4, 0.5) is 0 Å². The van der Waals surface area contributed by atoms with Crippen molar-refractivity contribution in [3.63, 3.8) is 0 Å². The molecular weight excluding hydrogens is 404 g/mol. The fourth-order valence-corrected chi connectivity index (χ4v) is 3.19. The van der Waals surface area contributed by atoms with Crippen LogP contribution >= 0.6 is 0 Å². The van der Waals surface area contributed by atoms with Crippen LogP contribution in [0.1, 0.15) is 27.8 Å². The standard InChI is InChI=1S/C26H28N2O4/c1-18-8-5-6-11-22(18)16-31-23-13-12-21(14-24(23)30-4)15-27-28-25(29)17-32-26-19(2)9-7-10-20(26)3/h5-15H,16-17H2,1-4H3,(H,28,29)/b27-15+. The van der Waals surface area contributed by atoms with E-state index in [-0.39, 0.29) is 12.5 Å². The number of amides is 1. The predicted octanol–water partition coefficient (Wildman–Crippen LogP) is 4.73. The average molecular weight is 433 g/mol. The lowest BCUT2D eigenvalue weighted by Crippen LogP contribution is -2.25. The summed E-state index contributed by atoms with van der Waals surface area (Å²) in [6, 6.07) is 19.4. The fraction of sp³-hybridized carbons (Fsp3) is 0.231. The molecule has 0 saturated carbocycles. The van der Waals surface area contributed by atoms with Gasteiger partial charge in [0.15, 0.2) is 18.1 Å². The van der Waals surface area contributed by atoms with Crippen molar-refractivity contribution < 1.29 is 19.0 Å². The van der Waals surface area contributed by atoms with Gasteiger partial charge in [0.1, 0.15) is 12.4 Å². The summed E-state index contributed by atoms with van der Waals surface area (Å²) in [5.74, 6) is 1.61. The number of hydrazone groups is 1. The van der Waals surface area contributed by atoms with Crippen LogP contribution in [0, 0.1) is 20.8 Å². The second-order valence-electron chi connectivity index (χ2n) is 7.43. The van der Waals surface area contributed by atoms with E-state index in [0.717, 1.165) is 28.0 Å². The summed E-state index contributed by atoms with van der Waals surface area (Å²) in [7, 11) is 1.59. The topological polar surface area (TPSA) is 69.2 Å². The van der Waals surface area contributed by atoms with Crippen LogP contribution in [0.15, 0.2) is 65.8 Å². The Morgan fingerprint density at radius 3 is 2.34 bits per heavy atom. The minimum absolute atomic E-state index is 0.113. The van der Waals surface area contributed by atoms with Crippen molar-refractivity contribution >= 4 is 12.1 Å².